The molecule has 1 amide bonds. The number of aryl methyl sites for hydroxylation is 1. The molecule has 2 heterocycles. The van der Waals surface area contributed by atoms with Crippen molar-refractivity contribution in [2.75, 3.05) is 27.7 Å². The van der Waals surface area contributed by atoms with Gasteiger partial charge in [-0.05, 0) is 39.1 Å². The summed E-state index contributed by atoms with van der Waals surface area (Å²) in [6.45, 7) is 6.31. The number of amides is 1. The molecule has 3 aromatic rings. The number of pyridine rings is 1. The smallest absolute Gasteiger partial charge is 0.259 e. The Balaban J connectivity index is 1.90. The molecule has 0 aliphatic carbocycles. The Hall–Kier alpha value is -2.93. The fraction of sp³-hybridized carbons (Fsp3) is 0.409. The topological polar surface area (TPSA) is 80.5 Å². The molecule has 29 heavy (non-hydrogen) atoms. The Morgan fingerprint density at radius 2 is 2.00 bits per heavy atom. The van der Waals surface area contributed by atoms with E-state index in [0.29, 0.717) is 28.9 Å². The molecule has 3 rings (SSSR count). The number of hydrogen-bond acceptors (Lipinski definition) is 6. The van der Waals surface area contributed by atoms with E-state index in [1.54, 1.807) is 7.11 Å². The molecular formula is C22H28N4O3. The largest absolute Gasteiger partial charge is 0.496 e. The quantitative estimate of drug-likeness (QED) is 0.656. The predicted octanol–water partition coefficient (Wildman–Crippen LogP) is 3.70. The van der Waals surface area contributed by atoms with Crippen molar-refractivity contribution in [2.45, 2.75) is 32.7 Å². The highest BCUT2D eigenvalue weighted by molar-refractivity contribution is 6.06. The number of carbonyl (C=O) groups is 1. The van der Waals surface area contributed by atoms with Crippen LogP contribution in [0.25, 0.3) is 11.1 Å². The van der Waals surface area contributed by atoms with E-state index in [0.717, 1.165) is 17.0 Å². The lowest BCUT2D eigenvalue weighted by molar-refractivity contribution is 0.0943. The summed E-state index contributed by atoms with van der Waals surface area (Å²) in [5.41, 5.74) is 3.40. The maximum absolute atomic E-state index is 13.1. The molecule has 1 N–H and O–H groups in total. The van der Waals surface area contributed by atoms with Gasteiger partial charge in [-0.15, -0.1) is 0 Å². The van der Waals surface area contributed by atoms with Gasteiger partial charge in [0.25, 0.3) is 11.6 Å². The van der Waals surface area contributed by atoms with Gasteiger partial charge >= 0.3 is 0 Å². The van der Waals surface area contributed by atoms with E-state index in [1.165, 1.54) is 0 Å². The number of methoxy groups -OCH3 is 1. The molecule has 0 bridgehead atoms. The van der Waals surface area contributed by atoms with Crippen molar-refractivity contribution in [2.24, 2.45) is 0 Å². The van der Waals surface area contributed by atoms with Crippen LogP contribution in [0.5, 0.6) is 5.75 Å². The van der Waals surface area contributed by atoms with E-state index in [-0.39, 0.29) is 17.9 Å². The molecule has 7 heteroatoms. The number of ether oxygens (including phenoxy) is 1. The summed E-state index contributed by atoms with van der Waals surface area (Å²) in [5, 5.41) is 7.72. The maximum Gasteiger partial charge on any atom is 0.259 e. The van der Waals surface area contributed by atoms with E-state index in [4.69, 9.17) is 9.26 Å². The van der Waals surface area contributed by atoms with Crippen LogP contribution in [-0.4, -0.2) is 48.7 Å². The first kappa shape index (κ1) is 20.8. The van der Waals surface area contributed by atoms with Crippen molar-refractivity contribution in [3.8, 4) is 5.75 Å². The highest BCUT2D eigenvalue weighted by Gasteiger charge is 2.23. The minimum atomic E-state index is -0.174. The van der Waals surface area contributed by atoms with Gasteiger partial charge in [0.1, 0.15) is 5.75 Å². The van der Waals surface area contributed by atoms with Gasteiger partial charge in [-0.2, -0.15) is 0 Å². The number of rotatable bonds is 7. The summed E-state index contributed by atoms with van der Waals surface area (Å²) in [7, 11) is 5.61. The Kier molecular flexibility index (Phi) is 6.17. The van der Waals surface area contributed by atoms with E-state index in [2.05, 4.69) is 20.4 Å². The summed E-state index contributed by atoms with van der Waals surface area (Å²) in [5.74, 6) is 0.788. The number of carbonyl (C=O) groups excluding carboxylic acids is 1. The zero-order valence-corrected chi connectivity index (χ0v) is 17.8. The van der Waals surface area contributed by atoms with Crippen LogP contribution in [0.15, 0.2) is 34.9 Å². The van der Waals surface area contributed by atoms with Gasteiger partial charge in [0.15, 0.2) is 0 Å². The first-order chi connectivity index (χ1) is 13.8. The second-order valence-corrected chi connectivity index (χ2v) is 7.63. The van der Waals surface area contributed by atoms with Crippen molar-refractivity contribution in [3.63, 3.8) is 0 Å². The van der Waals surface area contributed by atoms with Gasteiger partial charge in [-0.3, -0.25) is 4.79 Å². The van der Waals surface area contributed by atoms with Gasteiger partial charge in [-0.1, -0.05) is 37.2 Å². The summed E-state index contributed by atoms with van der Waals surface area (Å²) < 4.78 is 10.8. The molecule has 2 aromatic heterocycles. The van der Waals surface area contributed by atoms with Gasteiger partial charge in [-0.25, -0.2) is 4.98 Å². The average Bonchev–Trinajstić information content (AvgIpc) is 3.08. The lowest BCUT2D eigenvalue weighted by Crippen LogP contribution is -2.35. The fourth-order valence-electron chi connectivity index (χ4n) is 3.39. The molecule has 0 fully saturated rings. The van der Waals surface area contributed by atoms with Crippen LogP contribution in [0.4, 0.5) is 0 Å². The van der Waals surface area contributed by atoms with Crippen LogP contribution in [0.1, 0.15) is 53.1 Å². The van der Waals surface area contributed by atoms with E-state index >= 15 is 0 Å². The van der Waals surface area contributed by atoms with E-state index in [9.17, 15) is 4.79 Å². The van der Waals surface area contributed by atoms with Crippen molar-refractivity contribution < 1.29 is 14.1 Å². The summed E-state index contributed by atoms with van der Waals surface area (Å²) in [6.07, 6.45) is 0. The number of para-hydroxylation sites is 1. The zero-order valence-electron chi connectivity index (χ0n) is 17.8. The number of fused-ring (bicyclic) bond motifs is 1. The first-order valence-corrected chi connectivity index (χ1v) is 9.68. The van der Waals surface area contributed by atoms with Gasteiger partial charge < -0.3 is 19.5 Å². The monoisotopic (exact) mass is 396 g/mol. The normalized spacial score (nSPS) is 12.6. The zero-order chi connectivity index (χ0) is 21.1. The van der Waals surface area contributed by atoms with Crippen molar-refractivity contribution in [1.82, 2.24) is 20.4 Å². The number of benzene rings is 1. The molecule has 0 aliphatic rings. The van der Waals surface area contributed by atoms with Crippen LogP contribution >= 0.6 is 0 Å². The van der Waals surface area contributed by atoms with Crippen molar-refractivity contribution in [3.05, 3.63) is 52.8 Å². The Labute approximate surface area is 171 Å². The molecule has 1 atom stereocenters. The molecule has 0 saturated heterocycles. The van der Waals surface area contributed by atoms with Crippen LogP contribution in [-0.2, 0) is 0 Å². The number of likely N-dealkylation sites (N-methyl/N-ethyl adjacent to an activating group) is 1. The third-order valence-corrected chi connectivity index (χ3v) is 5.05. The second-order valence-electron chi connectivity index (χ2n) is 7.63. The lowest BCUT2D eigenvalue weighted by Gasteiger charge is -2.26. The lowest BCUT2D eigenvalue weighted by atomic mass is 10.0. The van der Waals surface area contributed by atoms with Crippen LogP contribution in [0.3, 0.4) is 0 Å². The summed E-state index contributed by atoms with van der Waals surface area (Å²) in [6, 6.07) is 9.64. The Bertz CT molecular complexity index is 1010. The molecule has 1 aromatic carbocycles. The predicted molar refractivity (Wildman–Crippen MR) is 112 cm³/mol. The molecule has 0 spiro atoms. The number of aromatic nitrogens is 2. The van der Waals surface area contributed by atoms with E-state index in [1.807, 2.05) is 65.2 Å². The third-order valence-electron chi connectivity index (χ3n) is 5.05. The van der Waals surface area contributed by atoms with Crippen molar-refractivity contribution >= 4 is 17.0 Å². The number of nitrogens with zero attached hydrogens (tertiary/aromatic N) is 3. The van der Waals surface area contributed by atoms with Crippen molar-refractivity contribution in [1.29, 1.82) is 0 Å². The first-order valence-electron chi connectivity index (χ1n) is 9.68. The van der Waals surface area contributed by atoms with Gasteiger partial charge in [0.2, 0.25) is 0 Å². The molecule has 0 aliphatic heterocycles. The van der Waals surface area contributed by atoms with Crippen LogP contribution in [0.2, 0.25) is 0 Å². The molecule has 154 valence electrons. The van der Waals surface area contributed by atoms with Gasteiger partial charge in [0, 0.05) is 17.8 Å². The third kappa shape index (κ3) is 4.24. The number of hydrogen-bond donors (Lipinski definition) is 1. The molecule has 0 saturated carbocycles. The highest BCUT2D eigenvalue weighted by atomic mass is 16.5. The average molecular weight is 396 g/mol. The van der Waals surface area contributed by atoms with E-state index < -0.39 is 0 Å². The minimum absolute atomic E-state index is 0.0411. The summed E-state index contributed by atoms with van der Waals surface area (Å²) in [4.78, 5) is 19.7. The number of nitrogens with one attached hydrogen (secondary N) is 1. The van der Waals surface area contributed by atoms with Crippen LogP contribution in [0, 0.1) is 6.92 Å². The minimum Gasteiger partial charge on any atom is -0.496 e. The molecule has 7 nitrogen and oxygen atoms in total. The maximum atomic E-state index is 13.1. The fourth-order valence-corrected chi connectivity index (χ4v) is 3.39. The molecule has 1 unspecified atom stereocenters. The standard InChI is InChI=1S/C22H28N4O3/c1-13(2)17-11-16(20-14(3)25-29-22(20)24-17)21(27)23-12-18(26(4)5)15-9-7-8-10-19(15)28-6/h7-11,13,18H,12H2,1-6H3,(H,23,27). The Morgan fingerprint density at radius 3 is 2.66 bits per heavy atom. The molecular weight excluding hydrogens is 368 g/mol. The Morgan fingerprint density at radius 1 is 1.28 bits per heavy atom. The highest BCUT2D eigenvalue weighted by Crippen LogP contribution is 2.28. The SMILES string of the molecule is COc1ccccc1C(CNC(=O)c1cc(C(C)C)nc2onc(C)c12)N(C)C. The second kappa shape index (κ2) is 8.61. The van der Waals surface area contributed by atoms with Crippen LogP contribution < -0.4 is 10.1 Å². The molecule has 0 radical (unpaired) electrons. The summed E-state index contributed by atoms with van der Waals surface area (Å²) >= 11 is 0. The van der Waals surface area contributed by atoms with Gasteiger partial charge in [0.05, 0.1) is 29.8 Å².